The van der Waals surface area contributed by atoms with Gasteiger partial charge >= 0.3 is 6.36 Å². The molecule has 0 atom stereocenters. The first-order valence-electron chi connectivity index (χ1n) is 3.35. The van der Waals surface area contributed by atoms with E-state index in [-0.39, 0.29) is 10.0 Å². The monoisotopic (exact) mass is 300 g/mol. The maximum absolute atomic E-state index is 11.9. The third-order valence-electron chi connectivity index (χ3n) is 1.27. The van der Waals surface area contributed by atoms with Crippen molar-refractivity contribution in [3.05, 3.63) is 21.4 Å². The molecule has 0 N–H and O–H groups in total. The normalized spacial score (nSPS) is 10.9. The van der Waals surface area contributed by atoms with Crippen molar-refractivity contribution in [2.45, 2.75) is 6.36 Å². The maximum atomic E-state index is 11.9. The SMILES string of the molecule is N#Cc1cnc(Cl)c(OC(F)(F)F)c1Br. The molecule has 1 aromatic heterocycles. The van der Waals surface area contributed by atoms with Crippen LogP contribution in [0.1, 0.15) is 5.56 Å². The minimum atomic E-state index is -4.89. The van der Waals surface area contributed by atoms with E-state index in [1.807, 2.05) is 0 Å². The Morgan fingerprint density at radius 3 is 2.60 bits per heavy atom. The molecular formula is C7HBrClF3N2O. The van der Waals surface area contributed by atoms with E-state index < -0.39 is 17.3 Å². The van der Waals surface area contributed by atoms with Gasteiger partial charge in [0, 0.05) is 6.20 Å². The predicted octanol–water partition coefficient (Wildman–Crippen LogP) is 3.27. The summed E-state index contributed by atoms with van der Waals surface area (Å²) < 4.78 is 39.2. The summed E-state index contributed by atoms with van der Waals surface area (Å²) in [7, 11) is 0. The van der Waals surface area contributed by atoms with Crippen molar-refractivity contribution in [1.82, 2.24) is 4.98 Å². The van der Waals surface area contributed by atoms with Crippen LogP contribution in [0.3, 0.4) is 0 Å². The summed E-state index contributed by atoms with van der Waals surface area (Å²) in [5.41, 5.74) is -0.0985. The van der Waals surface area contributed by atoms with Gasteiger partial charge in [0.2, 0.25) is 0 Å². The Bertz CT molecular complexity index is 429. The summed E-state index contributed by atoms with van der Waals surface area (Å²) in [4.78, 5) is 3.38. The molecule has 0 unspecified atom stereocenters. The zero-order valence-electron chi connectivity index (χ0n) is 6.77. The van der Waals surface area contributed by atoms with Crippen LogP contribution in [0.5, 0.6) is 5.75 Å². The molecule has 0 fully saturated rings. The van der Waals surface area contributed by atoms with Crippen LogP contribution in [0, 0.1) is 11.3 Å². The number of nitriles is 1. The molecule has 1 rings (SSSR count). The average Bonchev–Trinajstić information content (AvgIpc) is 2.11. The van der Waals surface area contributed by atoms with E-state index in [1.165, 1.54) is 0 Å². The standard InChI is InChI=1S/C7HBrClF3N2O/c8-4-3(1-13)2-14-6(9)5(4)15-7(10,11)12/h2H. The molecule has 0 aliphatic carbocycles. The summed E-state index contributed by atoms with van der Waals surface area (Å²) >= 11 is 8.16. The number of alkyl halides is 3. The van der Waals surface area contributed by atoms with Gasteiger partial charge in [-0.05, 0) is 15.9 Å². The van der Waals surface area contributed by atoms with Gasteiger partial charge in [-0.1, -0.05) is 11.6 Å². The van der Waals surface area contributed by atoms with Gasteiger partial charge in [-0.15, -0.1) is 13.2 Å². The molecule has 0 radical (unpaired) electrons. The Morgan fingerprint density at radius 2 is 2.13 bits per heavy atom. The summed E-state index contributed by atoms with van der Waals surface area (Å²) in [6, 6.07) is 1.63. The number of hydrogen-bond donors (Lipinski definition) is 0. The first-order chi connectivity index (χ1) is 6.85. The van der Waals surface area contributed by atoms with Crippen LogP contribution in [0.2, 0.25) is 5.15 Å². The van der Waals surface area contributed by atoms with Crippen molar-refractivity contribution >= 4 is 27.5 Å². The Kier molecular flexibility index (Phi) is 3.42. The van der Waals surface area contributed by atoms with Crippen molar-refractivity contribution in [3.8, 4) is 11.8 Å². The molecule has 1 heterocycles. The Morgan fingerprint density at radius 1 is 1.53 bits per heavy atom. The molecule has 0 saturated carbocycles. The van der Waals surface area contributed by atoms with E-state index >= 15 is 0 Å². The van der Waals surface area contributed by atoms with Crippen LogP contribution in [0.15, 0.2) is 10.7 Å². The number of pyridine rings is 1. The van der Waals surface area contributed by atoms with Gasteiger partial charge in [-0.3, -0.25) is 0 Å². The summed E-state index contributed by atoms with van der Waals surface area (Å²) in [6.07, 6.45) is -3.85. The third-order valence-corrected chi connectivity index (χ3v) is 2.32. The molecule has 0 saturated heterocycles. The molecule has 15 heavy (non-hydrogen) atoms. The van der Waals surface area contributed by atoms with E-state index in [0.717, 1.165) is 6.20 Å². The highest BCUT2D eigenvalue weighted by Crippen LogP contribution is 2.37. The maximum Gasteiger partial charge on any atom is 0.573 e. The van der Waals surface area contributed by atoms with Crippen LogP contribution < -0.4 is 4.74 Å². The molecule has 0 aromatic carbocycles. The molecule has 8 heteroatoms. The molecule has 0 spiro atoms. The van der Waals surface area contributed by atoms with Gasteiger partial charge in [-0.2, -0.15) is 5.26 Å². The second kappa shape index (κ2) is 4.24. The average molecular weight is 301 g/mol. The molecule has 0 aliphatic rings. The number of hydrogen-bond acceptors (Lipinski definition) is 3. The van der Waals surface area contributed by atoms with E-state index in [0.29, 0.717) is 0 Å². The lowest BCUT2D eigenvalue weighted by molar-refractivity contribution is -0.275. The second-order valence-corrected chi connectivity index (χ2v) is 3.42. The van der Waals surface area contributed by atoms with Gasteiger partial charge < -0.3 is 4.74 Å². The van der Waals surface area contributed by atoms with Crippen molar-refractivity contribution in [3.63, 3.8) is 0 Å². The molecule has 0 amide bonds. The third kappa shape index (κ3) is 2.97. The lowest BCUT2D eigenvalue weighted by Crippen LogP contribution is -2.18. The fraction of sp³-hybridized carbons (Fsp3) is 0.143. The van der Waals surface area contributed by atoms with Crippen LogP contribution >= 0.6 is 27.5 Å². The van der Waals surface area contributed by atoms with Gasteiger partial charge in [0.25, 0.3) is 0 Å². The van der Waals surface area contributed by atoms with Gasteiger partial charge in [0.05, 0.1) is 10.0 Å². The van der Waals surface area contributed by atoms with Gasteiger partial charge in [-0.25, -0.2) is 4.98 Å². The van der Waals surface area contributed by atoms with Crippen LogP contribution in [-0.4, -0.2) is 11.3 Å². The van der Waals surface area contributed by atoms with E-state index in [2.05, 4.69) is 25.7 Å². The number of ether oxygens (including phenoxy) is 1. The van der Waals surface area contributed by atoms with E-state index in [9.17, 15) is 13.2 Å². The Balaban J connectivity index is 3.23. The van der Waals surface area contributed by atoms with Crippen molar-refractivity contribution in [2.75, 3.05) is 0 Å². The van der Waals surface area contributed by atoms with Crippen molar-refractivity contribution < 1.29 is 17.9 Å². The summed E-state index contributed by atoms with van der Waals surface area (Å²) in [5, 5.41) is 8.06. The molecule has 3 nitrogen and oxygen atoms in total. The van der Waals surface area contributed by atoms with Crippen LogP contribution in [0.4, 0.5) is 13.2 Å². The highest BCUT2D eigenvalue weighted by molar-refractivity contribution is 9.10. The number of rotatable bonds is 1. The fourth-order valence-corrected chi connectivity index (χ4v) is 1.49. The largest absolute Gasteiger partial charge is 0.573 e. The Hall–Kier alpha value is -1.00. The topological polar surface area (TPSA) is 45.9 Å². The second-order valence-electron chi connectivity index (χ2n) is 2.27. The number of aromatic nitrogens is 1. The Labute approximate surface area is 95.6 Å². The fourth-order valence-electron chi connectivity index (χ4n) is 0.730. The molecule has 1 aromatic rings. The highest BCUT2D eigenvalue weighted by atomic mass is 79.9. The zero-order chi connectivity index (χ0) is 11.6. The number of nitrogens with zero attached hydrogens (tertiary/aromatic N) is 2. The minimum absolute atomic E-state index is 0.0985. The number of halogens is 5. The molecular weight excluding hydrogens is 300 g/mol. The van der Waals surface area contributed by atoms with E-state index in [4.69, 9.17) is 16.9 Å². The summed E-state index contributed by atoms with van der Waals surface area (Å²) in [5.74, 6) is -0.719. The lowest BCUT2D eigenvalue weighted by atomic mass is 10.3. The molecule has 80 valence electrons. The van der Waals surface area contributed by atoms with Gasteiger partial charge in [0.15, 0.2) is 10.9 Å². The van der Waals surface area contributed by atoms with Crippen molar-refractivity contribution in [2.24, 2.45) is 0 Å². The first kappa shape index (κ1) is 12.1. The predicted molar refractivity (Wildman–Crippen MR) is 48.3 cm³/mol. The van der Waals surface area contributed by atoms with Gasteiger partial charge in [0.1, 0.15) is 6.07 Å². The van der Waals surface area contributed by atoms with Crippen LogP contribution in [0.25, 0.3) is 0 Å². The summed E-state index contributed by atoms with van der Waals surface area (Å²) in [6.45, 7) is 0. The smallest absolute Gasteiger partial charge is 0.401 e. The highest BCUT2D eigenvalue weighted by Gasteiger charge is 2.34. The zero-order valence-corrected chi connectivity index (χ0v) is 9.11. The lowest BCUT2D eigenvalue weighted by Gasteiger charge is -2.11. The first-order valence-corrected chi connectivity index (χ1v) is 4.52. The van der Waals surface area contributed by atoms with Crippen molar-refractivity contribution in [1.29, 1.82) is 5.26 Å². The molecule has 0 bridgehead atoms. The molecule has 0 aliphatic heterocycles. The quantitative estimate of drug-likeness (QED) is 0.748. The van der Waals surface area contributed by atoms with Crippen LogP contribution in [-0.2, 0) is 0 Å². The van der Waals surface area contributed by atoms with E-state index in [1.54, 1.807) is 6.07 Å². The minimum Gasteiger partial charge on any atom is -0.401 e.